The maximum Gasteiger partial charge on any atom is 0.343 e. The number of Topliss-reactive ketones (excluding diaryl/α,β-unsaturated/α-hetero) is 1. The summed E-state index contributed by atoms with van der Waals surface area (Å²) in [5.74, 6) is -1.05. The van der Waals surface area contributed by atoms with Crippen LogP contribution >= 0.6 is 6.89 Å². The van der Waals surface area contributed by atoms with Gasteiger partial charge < -0.3 is 9.53 Å². The molecule has 3 rings (SSSR count). The van der Waals surface area contributed by atoms with Crippen molar-refractivity contribution >= 4 is 40.8 Å². The highest BCUT2D eigenvalue weighted by Crippen LogP contribution is 2.56. The normalized spacial score (nSPS) is 12.9. The van der Waals surface area contributed by atoms with Crippen LogP contribution in [0.25, 0.3) is 0 Å². The van der Waals surface area contributed by atoms with Crippen LogP contribution in [0.15, 0.2) is 109 Å². The average molecular weight is 458 g/mol. The lowest BCUT2D eigenvalue weighted by Gasteiger charge is -2.32. The lowest BCUT2D eigenvalue weighted by molar-refractivity contribution is -0.135. The number of carbonyl (C=O) groups excluding carboxylic acids is 3. The summed E-state index contributed by atoms with van der Waals surface area (Å²) in [6.07, 6.45) is 12.9. The lowest BCUT2D eigenvalue weighted by atomic mass is 10.2. The molecule has 1 aliphatic rings. The van der Waals surface area contributed by atoms with Crippen LogP contribution in [0.5, 0.6) is 0 Å². The van der Waals surface area contributed by atoms with Crippen molar-refractivity contribution in [2.75, 3.05) is 6.61 Å². The second-order valence-corrected chi connectivity index (χ2v) is 10.7. The first-order chi connectivity index (χ1) is 16.2. The summed E-state index contributed by atoms with van der Waals surface area (Å²) in [6, 6.07) is 19.3. The largest absolute Gasteiger partial charge is 0.458 e. The van der Waals surface area contributed by atoms with Gasteiger partial charge in [-0.25, -0.2) is 4.79 Å². The maximum atomic E-state index is 13.7. The molecular formula is C28H27O4P. The van der Waals surface area contributed by atoms with Crippen molar-refractivity contribution in [1.82, 2.24) is 0 Å². The van der Waals surface area contributed by atoms with Crippen LogP contribution in [0.4, 0.5) is 0 Å². The molecule has 0 bridgehead atoms. The van der Waals surface area contributed by atoms with Crippen LogP contribution in [-0.4, -0.2) is 29.9 Å². The summed E-state index contributed by atoms with van der Waals surface area (Å²) < 4.78 is 5.48. The van der Waals surface area contributed by atoms with E-state index in [-0.39, 0.29) is 30.5 Å². The minimum Gasteiger partial charge on any atom is -0.458 e. The highest BCUT2D eigenvalue weighted by Gasteiger charge is 2.37. The summed E-state index contributed by atoms with van der Waals surface area (Å²) >= 11 is 0. The highest BCUT2D eigenvalue weighted by atomic mass is 31.2. The van der Waals surface area contributed by atoms with Gasteiger partial charge in [-0.15, -0.1) is 0 Å². The molecule has 168 valence electrons. The molecule has 4 nitrogen and oxygen atoms in total. The number of carbonyl (C=O) groups is 3. The molecular weight excluding hydrogens is 431 g/mol. The molecule has 0 heterocycles. The highest BCUT2D eigenvalue weighted by molar-refractivity contribution is 7.95. The van der Waals surface area contributed by atoms with E-state index in [2.05, 4.69) is 6.58 Å². The molecule has 0 radical (unpaired) electrons. The van der Waals surface area contributed by atoms with E-state index >= 15 is 0 Å². The minimum absolute atomic E-state index is 0.0122. The van der Waals surface area contributed by atoms with E-state index < -0.39 is 12.9 Å². The standard InChI is InChI=1S/C28H27O4P/c1-2-22-32-28(31)27(26(30)20-13-21-29)33(24-16-9-5-10-17-24,25-18-11-6-12-19-25)23-14-7-3-4-8-15-23/h2-3,5-12,14-19,21H,1,4,13,20,22H2. The van der Waals surface area contributed by atoms with Gasteiger partial charge >= 0.3 is 5.97 Å². The molecule has 2 aromatic carbocycles. The Morgan fingerprint density at radius 2 is 1.61 bits per heavy atom. The number of allylic oxidation sites excluding steroid dienone is 6. The van der Waals surface area contributed by atoms with Crippen molar-refractivity contribution in [1.29, 1.82) is 0 Å². The number of hydrogen-bond donors (Lipinski definition) is 0. The fraction of sp³-hybridized carbons (Fsp3) is 0.143. The summed E-state index contributed by atoms with van der Waals surface area (Å²) in [5, 5.41) is 2.70. The van der Waals surface area contributed by atoms with Gasteiger partial charge in [0.15, 0.2) is 5.78 Å². The zero-order valence-electron chi connectivity index (χ0n) is 18.4. The quantitative estimate of drug-likeness (QED) is 0.173. The zero-order valence-corrected chi connectivity index (χ0v) is 19.3. The number of rotatable bonds is 10. The number of ketones is 1. The van der Waals surface area contributed by atoms with Crippen LogP contribution in [0, 0.1) is 0 Å². The molecule has 0 aromatic heterocycles. The Hall–Kier alpha value is -3.49. The van der Waals surface area contributed by atoms with Gasteiger partial charge in [0.05, 0.1) is 0 Å². The minimum atomic E-state index is -2.94. The predicted molar refractivity (Wildman–Crippen MR) is 137 cm³/mol. The van der Waals surface area contributed by atoms with Crippen LogP contribution in [0.2, 0.25) is 0 Å². The molecule has 0 spiro atoms. The van der Waals surface area contributed by atoms with E-state index in [1.54, 1.807) is 0 Å². The van der Waals surface area contributed by atoms with Gasteiger partial charge in [0.2, 0.25) is 0 Å². The lowest BCUT2D eigenvalue weighted by Crippen LogP contribution is -2.34. The second-order valence-electron chi connectivity index (χ2n) is 7.36. The summed E-state index contributed by atoms with van der Waals surface area (Å²) in [5.41, 5.74) is 0. The third kappa shape index (κ3) is 5.30. The first-order valence-electron chi connectivity index (χ1n) is 10.8. The topological polar surface area (TPSA) is 60.4 Å². The Morgan fingerprint density at radius 1 is 0.970 bits per heavy atom. The number of esters is 1. The number of aldehydes is 1. The van der Waals surface area contributed by atoms with Crippen molar-refractivity contribution in [3.63, 3.8) is 0 Å². The molecule has 0 unspecified atom stereocenters. The van der Waals surface area contributed by atoms with Gasteiger partial charge in [-0.3, -0.25) is 4.79 Å². The predicted octanol–water partition coefficient (Wildman–Crippen LogP) is 4.50. The fourth-order valence-corrected chi connectivity index (χ4v) is 8.25. The Balaban J connectivity index is 2.55. The second kappa shape index (κ2) is 11.9. The number of hydrogen-bond acceptors (Lipinski definition) is 4. The van der Waals surface area contributed by atoms with E-state index in [0.29, 0.717) is 6.29 Å². The van der Waals surface area contributed by atoms with Gasteiger partial charge in [-0.1, -0.05) is 104 Å². The van der Waals surface area contributed by atoms with Gasteiger partial charge in [-0.05, 0) is 29.2 Å². The average Bonchev–Trinajstić information content (AvgIpc) is 3.15. The molecule has 1 aliphatic carbocycles. The van der Waals surface area contributed by atoms with E-state index in [1.165, 1.54) is 6.08 Å². The van der Waals surface area contributed by atoms with Crippen molar-refractivity contribution in [3.05, 3.63) is 109 Å². The molecule has 0 amide bonds. The van der Waals surface area contributed by atoms with Crippen molar-refractivity contribution in [2.45, 2.75) is 19.3 Å². The van der Waals surface area contributed by atoms with E-state index in [1.807, 2.05) is 91.0 Å². The third-order valence-electron chi connectivity index (χ3n) is 5.25. The fourth-order valence-electron chi connectivity index (χ4n) is 3.88. The smallest absolute Gasteiger partial charge is 0.343 e. The van der Waals surface area contributed by atoms with Crippen LogP contribution < -0.4 is 10.6 Å². The maximum absolute atomic E-state index is 13.7. The van der Waals surface area contributed by atoms with Crippen molar-refractivity contribution in [3.8, 4) is 0 Å². The van der Waals surface area contributed by atoms with Crippen LogP contribution in [-0.2, 0) is 19.1 Å². The van der Waals surface area contributed by atoms with Crippen LogP contribution in [0.1, 0.15) is 19.3 Å². The summed E-state index contributed by atoms with van der Waals surface area (Å²) in [4.78, 5) is 38.3. The Kier molecular flexibility index (Phi) is 8.74. The first kappa shape index (κ1) is 24.2. The number of ether oxygens (including phenoxy) is 1. The molecule has 0 saturated carbocycles. The first-order valence-corrected chi connectivity index (χ1v) is 12.6. The Bertz CT molecular complexity index is 1090. The molecule has 5 heteroatoms. The molecule has 2 aromatic rings. The van der Waals surface area contributed by atoms with E-state index in [0.717, 1.165) is 22.3 Å². The van der Waals surface area contributed by atoms with Crippen LogP contribution in [0.3, 0.4) is 0 Å². The molecule has 33 heavy (non-hydrogen) atoms. The Morgan fingerprint density at radius 3 is 2.18 bits per heavy atom. The molecule has 0 aliphatic heterocycles. The summed E-state index contributed by atoms with van der Waals surface area (Å²) in [7, 11) is 0. The van der Waals surface area contributed by atoms with Crippen molar-refractivity contribution in [2.24, 2.45) is 0 Å². The third-order valence-corrected chi connectivity index (χ3v) is 9.57. The Labute approximate surface area is 195 Å². The van der Waals surface area contributed by atoms with Crippen molar-refractivity contribution < 1.29 is 19.1 Å². The SMILES string of the molecule is C=CCOC(=O)C(C(=O)CCC=O)=P(C1=CC=CCC=C1)(c1ccccc1)c1ccccc1. The van der Waals surface area contributed by atoms with E-state index in [9.17, 15) is 14.4 Å². The molecule has 0 saturated heterocycles. The molecule has 0 N–H and O–H groups in total. The monoisotopic (exact) mass is 458 g/mol. The molecule has 0 fully saturated rings. The zero-order chi connectivity index (χ0) is 23.5. The van der Waals surface area contributed by atoms with Gasteiger partial charge in [0.1, 0.15) is 18.2 Å². The van der Waals surface area contributed by atoms with E-state index in [4.69, 9.17) is 4.74 Å². The number of benzene rings is 2. The van der Waals surface area contributed by atoms with Gasteiger partial charge in [0.25, 0.3) is 0 Å². The molecule has 0 atom stereocenters. The van der Waals surface area contributed by atoms with Gasteiger partial charge in [-0.2, -0.15) is 0 Å². The summed E-state index contributed by atoms with van der Waals surface area (Å²) in [6.45, 7) is 0.673. The van der Waals surface area contributed by atoms with Gasteiger partial charge in [0, 0.05) is 12.8 Å².